The molecule has 0 unspecified atom stereocenters. The highest BCUT2D eigenvalue weighted by Gasteiger charge is 2.47. The summed E-state index contributed by atoms with van der Waals surface area (Å²) in [6.45, 7) is 6.95. The van der Waals surface area contributed by atoms with Gasteiger partial charge in [0, 0.05) is 13.1 Å². The molecule has 6 heteroatoms. The molecule has 0 bridgehead atoms. The lowest BCUT2D eigenvalue weighted by Gasteiger charge is -2.41. The van der Waals surface area contributed by atoms with Crippen LogP contribution in [0.3, 0.4) is 0 Å². The first-order valence-electron chi connectivity index (χ1n) is 5.95. The molecule has 1 fully saturated rings. The van der Waals surface area contributed by atoms with E-state index in [9.17, 15) is 14.7 Å². The second kappa shape index (κ2) is 4.76. The van der Waals surface area contributed by atoms with Gasteiger partial charge < -0.3 is 19.8 Å². The predicted molar refractivity (Wildman–Crippen MR) is 64.2 cm³/mol. The van der Waals surface area contributed by atoms with Gasteiger partial charge in [-0.05, 0) is 34.1 Å². The maximum atomic E-state index is 11.9. The standard InChI is InChI=1S/C12H21NO5/c1-11(2,3)18-10(17)13-6-5-8(14)12(4,7-13)9(15)16/h8,14H,5-7H2,1-4H3,(H,15,16)/t8-,12-/m0/s1. The summed E-state index contributed by atoms with van der Waals surface area (Å²) in [6.07, 6.45) is -1.25. The Hall–Kier alpha value is -1.30. The molecule has 6 nitrogen and oxygen atoms in total. The first-order chi connectivity index (χ1) is 8.06. The average molecular weight is 259 g/mol. The van der Waals surface area contributed by atoms with Crippen molar-refractivity contribution in [2.75, 3.05) is 13.1 Å². The molecule has 1 aliphatic rings. The van der Waals surface area contributed by atoms with Crippen molar-refractivity contribution >= 4 is 12.1 Å². The smallest absolute Gasteiger partial charge is 0.410 e. The number of carbonyl (C=O) groups excluding carboxylic acids is 1. The van der Waals surface area contributed by atoms with Crippen LogP contribution in [0.25, 0.3) is 0 Å². The van der Waals surface area contributed by atoms with Gasteiger partial charge >= 0.3 is 12.1 Å². The number of rotatable bonds is 1. The van der Waals surface area contributed by atoms with Crippen molar-refractivity contribution in [2.24, 2.45) is 5.41 Å². The lowest BCUT2D eigenvalue weighted by Crippen LogP contribution is -2.56. The molecule has 0 spiro atoms. The van der Waals surface area contributed by atoms with Crippen molar-refractivity contribution in [2.45, 2.75) is 45.8 Å². The van der Waals surface area contributed by atoms with Crippen molar-refractivity contribution in [1.29, 1.82) is 0 Å². The molecule has 104 valence electrons. The molecule has 0 aromatic carbocycles. The van der Waals surface area contributed by atoms with Gasteiger partial charge in [-0.25, -0.2) is 4.79 Å². The highest BCUT2D eigenvalue weighted by atomic mass is 16.6. The molecular weight excluding hydrogens is 238 g/mol. The van der Waals surface area contributed by atoms with Crippen molar-refractivity contribution in [3.63, 3.8) is 0 Å². The molecule has 0 aliphatic carbocycles. The number of aliphatic carboxylic acids is 1. The molecule has 1 rings (SSSR count). The van der Waals surface area contributed by atoms with Crippen LogP contribution in [0.15, 0.2) is 0 Å². The molecule has 1 saturated heterocycles. The van der Waals surface area contributed by atoms with Crippen LogP contribution in [0.5, 0.6) is 0 Å². The van der Waals surface area contributed by atoms with Gasteiger partial charge in [0.05, 0.1) is 6.10 Å². The Morgan fingerprint density at radius 2 is 1.94 bits per heavy atom. The second-order valence-electron chi connectivity index (χ2n) is 5.93. The van der Waals surface area contributed by atoms with Crippen LogP contribution in [0.1, 0.15) is 34.1 Å². The molecule has 0 aromatic rings. The normalized spacial score (nSPS) is 28.9. The van der Waals surface area contributed by atoms with Crippen molar-refractivity contribution < 1.29 is 24.5 Å². The van der Waals surface area contributed by atoms with E-state index in [1.807, 2.05) is 0 Å². The van der Waals surface area contributed by atoms with Gasteiger partial charge in [0.2, 0.25) is 0 Å². The number of hydrogen-bond donors (Lipinski definition) is 2. The third-order valence-corrected chi connectivity index (χ3v) is 3.07. The van der Waals surface area contributed by atoms with Crippen LogP contribution in [-0.4, -0.2) is 52.0 Å². The number of likely N-dealkylation sites (tertiary alicyclic amines) is 1. The lowest BCUT2D eigenvalue weighted by molar-refractivity contribution is -0.160. The van der Waals surface area contributed by atoms with Crippen molar-refractivity contribution in [3.05, 3.63) is 0 Å². The summed E-state index contributed by atoms with van der Waals surface area (Å²) >= 11 is 0. The first-order valence-corrected chi connectivity index (χ1v) is 5.95. The highest BCUT2D eigenvalue weighted by molar-refractivity contribution is 5.77. The molecule has 0 radical (unpaired) electrons. The Kier molecular flexibility index (Phi) is 3.90. The zero-order chi connectivity index (χ0) is 14.1. The fraction of sp³-hybridized carbons (Fsp3) is 0.833. The second-order valence-corrected chi connectivity index (χ2v) is 5.93. The zero-order valence-electron chi connectivity index (χ0n) is 11.3. The Bertz CT molecular complexity index is 349. The van der Waals surface area contributed by atoms with Gasteiger partial charge in [-0.1, -0.05) is 0 Å². The fourth-order valence-electron chi connectivity index (χ4n) is 1.87. The van der Waals surface area contributed by atoms with Gasteiger partial charge in [-0.3, -0.25) is 4.79 Å². The Morgan fingerprint density at radius 3 is 2.39 bits per heavy atom. The van der Waals surface area contributed by atoms with Crippen molar-refractivity contribution in [1.82, 2.24) is 4.90 Å². The molecular formula is C12H21NO5. The maximum Gasteiger partial charge on any atom is 0.410 e. The largest absolute Gasteiger partial charge is 0.481 e. The van der Waals surface area contributed by atoms with E-state index < -0.39 is 29.2 Å². The Labute approximate surface area is 107 Å². The third kappa shape index (κ3) is 3.13. The van der Waals surface area contributed by atoms with Crippen LogP contribution in [0.2, 0.25) is 0 Å². The highest BCUT2D eigenvalue weighted by Crippen LogP contribution is 2.31. The molecule has 1 heterocycles. The van der Waals surface area contributed by atoms with E-state index in [1.165, 1.54) is 11.8 Å². The molecule has 18 heavy (non-hydrogen) atoms. The summed E-state index contributed by atoms with van der Waals surface area (Å²) in [5, 5.41) is 18.9. The molecule has 2 N–H and O–H groups in total. The first kappa shape index (κ1) is 14.8. The number of carbonyl (C=O) groups is 2. The summed E-state index contributed by atoms with van der Waals surface area (Å²) in [6, 6.07) is 0. The number of piperidine rings is 1. The van der Waals surface area contributed by atoms with E-state index >= 15 is 0 Å². The zero-order valence-corrected chi connectivity index (χ0v) is 11.3. The van der Waals surface area contributed by atoms with Crippen LogP contribution < -0.4 is 0 Å². The van der Waals surface area contributed by atoms with Crippen LogP contribution >= 0.6 is 0 Å². The Balaban J connectivity index is 2.77. The summed E-state index contributed by atoms with van der Waals surface area (Å²) in [5.74, 6) is -1.11. The number of aliphatic hydroxyl groups is 1. The van der Waals surface area contributed by atoms with Crippen LogP contribution in [0, 0.1) is 5.41 Å². The summed E-state index contributed by atoms with van der Waals surface area (Å²) < 4.78 is 5.20. The third-order valence-electron chi connectivity index (χ3n) is 3.07. The van der Waals surface area contributed by atoms with E-state index in [2.05, 4.69) is 0 Å². The SMILES string of the molecule is CC(C)(C)OC(=O)N1CC[C@H](O)[C@@](C)(C(=O)O)C1. The number of ether oxygens (including phenoxy) is 1. The van der Waals surface area contributed by atoms with Gasteiger partial charge in [0.15, 0.2) is 0 Å². The minimum Gasteiger partial charge on any atom is -0.481 e. The summed E-state index contributed by atoms with van der Waals surface area (Å²) in [4.78, 5) is 24.4. The van der Waals surface area contributed by atoms with Gasteiger partial charge in [0.25, 0.3) is 0 Å². The van der Waals surface area contributed by atoms with E-state index in [0.717, 1.165) is 0 Å². The number of carboxylic acids is 1. The topological polar surface area (TPSA) is 87.1 Å². The minimum atomic E-state index is -1.34. The van der Waals surface area contributed by atoms with Crippen molar-refractivity contribution in [3.8, 4) is 0 Å². The van der Waals surface area contributed by atoms with Gasteiger partial charge in [-0.15, -0.1) is 0 Å². The van der Waals surface area contributed by atoms with Crippen LogP contribution in [0.4, 0.5) is 4.79 Å². The molecule has 0 saturated carbocycles. The molecule has 1 amide bonds. The van der Waals surface area contributed by atoms with E-state index in [0.29, 0.717) is 6.54 Å². The summed E-state index contributed by atoms with van der Waals surface area (Å²) in [5.41, 5.74) is -1.96. The van der Waals surface area contributed by atoms with Gasteiger partial charge in [0.1, 0.15) is 11.0 Å². The van der Waals surface area contributed by atoms with E-state index in [-0.39, 0.29) is 13.0 Å². The van der Waals surface area contributed by atoms with Gasteiger partial charge in [-0.2, -0.15) is 0 Å². The Morgan fingerprint density at radius 1 is 1.39 bits per heavy atom. The predicted octanol–water partition coefficient (Wildman–Crippen LogP) is 1.08. The van der Waals surface area contributed by atoms with E-state index in [4.69, 9.17) is 9.84 Å². The fourth-order valence-corrected chi connectivity index (χ4v) is 1.87. The molecule has 2 atom stereocenters. The molecule has 0 aromatic heterocycles. The number of amides is 1. The lowest BCUT2D eigenvalue weighted by atomic mass is 9.79. The number of hydrogen-bond acceptors (Lipinski definition) is 4. The average Bonchev–Trinajstić information content (AvgIpc) is 2.19. The number of aliphatic hydroxyl groups excluding tert-OH is 1. The number of nitrogens with zero attached hydrogens (tertiary/aromatic N) is 1. The van der Waals surface area contributed by atoms with E-state index in [1.54, 1.807) is 20.8 Å². The number of carboxylic acid groups (broad SMARTS) is 1. The maximum absolute atomic E-state index is 11.9. The van der Waals surface area contributed by atoms with Crippen LogP contribution in [-0.2, 0) is 9.53 Å². The molecule has 1 aliphatic heterocycles. The minimum absolute atomic E-state index is 0.0432. The monoisotopic (exact) mass is 259 g/mol. The quantitative estimate of drug-likeness (QED) is 0.735. The summed E-state index contributed by atoms with van der Waals surface area (Å²) in [7, 11) is 0.